The van der Waals surface area contributed by atoms with Gasteiger partial charge in [-0.3, -0.25) is 4.79 Å². The quantitative estimate of drug-likeness (QED) is 0.576. The molecule has 0 aliphatic rings. The molecule has 3 N–H and O–H groups in total. The van der Waals surface area contributed by atoms with Crippen LogP contribution >= 0.6 is 11.3 Å². The summed E-state index contributed by atoms with van der Waals surface area (Å²) in [6.45, 7) is 2.52. The van der Waals surface area contributed by atoms with Crippen LogP contribution in [0.15, 0.2) is 42.9 Å². The molecule has 0 bridgehead atoms. The molecule has 0 saturated heterocycles. The summed E-state index contributed by atoms with van der Waals surface area (Å²) < 4.78 is 1.71. The van der Waals surface area contributed by atoms with E-state index in [-0.39, 0.29) is 23.6 Å². The zero-order valence-corrected chi connectivity index (χ0v) is 15.5. The van der Waals surface area contributed by atoms with Crippen LogP contribution in [0.2, 0.25) is 0 Å². The molecule has 2 heterocycles. The van der Waals surface area contributed by atoms with Gasteiger partial charge in [-0.2, -0.15) is 0 Å². The van der Waals surface area contributed by atoms with Gasteiger partial charge < -0.3 is 20.1 Å². The first-order chi connectivity index (χ1) is 13.0. The first-order valence-corrected chi connectivity index (χ1v) is 9.25. The van der Waals surface area contributed by atoms with Gasteiger partial charge in [0.25, 0.3) is 0 Å². The number of benzene rings is 1. The molecule has 0 saturated carbocycles. The highest BCUT2D eigenvalue weighted by Crippen LogP contribution is 2.27. The van der Waals surface area contributed by atoms with Crippen LogP contribution in [-0.4, -0.2) is 31.6 Å². The summed E-state index contributed by atoms with van der Waals surface area (Å²) in [7, 11) is 0. The van der Waals surface area contributed by atoms with E-state index < -0.39 is 5.97 Å². The van der Waals surface area contributed by atoms with Crippen molar-refractivity contribution in [2.75, 3.05) is 5.32 Å². The first-order valence-electron chi connectivity index (χ1n) is 8.43. The van der Waals surface area contributed by atoms with Crippen LogP contribution in [0.4, 0.5) is 5.69 Å². The standard InChI is InChI=1S/C19H19N3O4S/c1-2-22-10-15(19(25)26)16(11-22)21-17(24)8-7-14-9-20-18(27-14)12-3-5-13(23)6-4-12/h3-6,9-11,23H,2,7-8H2,1H3,(H,21,24)(H,25,26). The monoisotopic (exact) mass is 385 g/mol. The van der Waals surface area contributed by atoms with Gasteiger partial charge >= 0.3 is 5.97 Å². The Hall–Kier alpha value is -3.13. The third-order valence-corrected chi connectivity index (χ3v) is 5.12. The van der Waals surface area contributed by atoms with E-state index in [1.54, 1.807) is 41.2 Å². The Bertz CT molecular complexity index is 960. The molecule has 0 spiro atoms. The highest BCUT2D eigenvalue weighted by Gasteiger charge is 2.15. The van der Waals surface area contributed by atoms with Crippen molar-refractivity contribution in [2.45, 2.75) is 26.3 Å². The van der Waals surface area contributed by atoms with Crippen molar-refractivity contribution in [3.05, 3.63) is 53.3 Å². The van der Waals surface area contributed by atoms with Crippen molar-refractivity contribution in [1.82, 2.24) is 9.55 Å². The van der Waals surface area contributed by atoms with Crippen molar-refractivity contribution >= 4 is 28.9 Å². The van der Waals surface area contributed by atoms with E-state index in [1.807, 2.05) is 6.92 Å². The molecule has 3 rings (SSSR count). The van der Waals surface area contributed by atoms with E-state index >= 15 is 0 Å². The molecule has 0 aliphatic carbocycles. The average Bonchev–Trinajstić information content (AvgIpc) is 3.27. The van der Waals surface area contributed by atoms with E-state index in [0.29, 0.717) is 18.7 Å². The molecule has 1 aromatic carbocycles. The topological polar surface area (TPSA) is 104 Å². The fraction of sp³-hybridized carbons (Fsp3) is 0.211. The number of aromatic nitrogens is 2. The van der Waals surface area contributed by atoms with Gasteiger partial charge in [0.2, 0.25) is 5.91 Å². The van der Waals surface area contributed by atoms with E-state index in [2.05, 4.69) is 10.3 Å². The summed E-state index contributed by atoms with van der Waals surface area (Å²) in [6.07, 6.45) is 5.60. The molecule has 0 unspecified atom stereocenters. The lowest BCUT2D eigenvalue weighted by Crippen LogP contribution is -2.13. The molecular weight excluding hydrogens is 366 g/mol. The Morgan fingerprint density at radius 1 is 1.22 bits per heavy atom. The number of carboxylic acids is 1. The number of carboxylic acid groups (broad SMARTS) is 1. The number of hydrogen-bond donors (Lipinski definition) is 3. The molecule has 8 heteroatoms. The summed E-state index contributed by atoms with van der Waals surface area (Å²) in [5.41, 5.74) is 1.29. The number of aryl methyl sites for hydroxylation is 2. The number of rotatable bonds is 7. The Kier molecular flexibility index (Phi) is 5.56. The van der Waals surface area contributed by atoms with Gasteiger partial charge in [0, 0.05) is 42.0 Å². The van der Waals surface area contributed by atoms with Gasteiger partial charge in [0.1, 0.15) is 16.3 Å². The lowest BCUT2D eigenvalue weighted by Gasteiger charge is -2.03. The predicted octanol–water partition coefficient (Wildman–Crippen LogP) is 3.61. The number of aromatic carboxylic acids is 1. The van der Waals surface area contributed by atoms with Crippen LogP contribution in [-0.2, 0) is 17.8 Å². The number of amides is 1. The molecule has 0 atom stereocenters. The minimum atomic E-state index is -1.07. The van der Waals surface area contributed by atoms with Crippen LogP contribution in [0.1, 0.15) is 28.6 Å². The van der Waals surface area contributed by atoms with Crippen molar-refractivity contribution in [1.29, 1.82) is 0 Å². The molecule has 0 aliphatic heterocycles. The summed E-state index contributed by atoms with van der Waals surface area (Å²) >= 11 is 1.48. The van der Waals surface area contributed by atoms with Crippen molar-refractivity contribution < 1.29 is 19.8 Å². The number of nitrogens with one attached hydrogen (secondary N) is 1. The van der Waals surface area contributed by atoms with Crippen molar-refractivity contribution in [2.24, 2.45) is 0 Å². The number of anilines is 1. The zero-order chi connectivity index (χ0) is 19.4. The molecule has 2 aromatic heterocycles. The minimum Gasteiger partial charge on any atom is -0.508 e. The van der Waals surface area contributed by atoms with Crippen molar-refractivity contribution in [3.8, 4) is 16.3 Å². The van der Waals surface area contributed by atoms with Crippen LogP contribution in [0.5, 0.6) is 5.75 Å². The highest BCUT2D eigenvalue weighted by atomic mass is 32.1. The van der Waals surface area contributed by atoms with Gasteiger partial charge in [0.15, 0.2) is 0 Å². The predicted molar refractivity (Wildman–Crippen MR) is 103 cm³/mol. The number of nitrogens with zero attached hydrogens (tertiary/aromatic N) is 2. The number of aromatic hydroxyl groups is 1. The molecule has 0 fully saturated rings. The van der Waals surface area contributed by atoms with Crippen LogP contribution in [0.25, 0.3) is 10.6 Å². The lowest BCUT2D eigenvalue weighted by atomic mass is 10.2. The Morgan fingerprint density at radius 3 is 2.63 bits per heavy atom. The van der Waals surface area contributed by atoms with Gasteiger partial charge in [0.05, 0.1) is 5.69 Å². The number of phenolic OH excluding ortho intramolecular Hbond substituents is 1. The van der Waals surface area contributed by atoms with Gasteiger partial charge in [-0.15, -0.1) is 11.3 Å². The number of thiazole rings is 1. The molecule has 140 valence electrons. The fourth-order valence-electron chi connectivity index (χ4n) is 2.57. The first kappa shape index (κ1) is 18.7. The summed E-state index contributed by atoms with van der Waals surface area (Å²) in [6, 6.07) is 6.78. The number of hydrogen-bond acceptors (Lipinski definition) is 5. The molecule has 1 amide bonds. The second-order valence-corrected chi connectivity index (χ2v) is 7.06. The van der Waals surface area contributed by atoms with E-state index in [9.17, 15) is 19.8 Å². The van der Waals surface area contributed by atoms with Gasteiger partial charge in [-0.1, -0.05) is 0 Å². The normalized spacial score (nSPS) is 10.7. The zero-order valence-electron chi connectivity index (χ0n) is 14.7. The van der Waals surface area contributed by atoms with Crippen molar-refractivity contribution in [3.63, 3.8) is 0 Å². The minimum absolute atomic E-state index is 0.0811. The maximum Gasteiger partial charge on any atom is 0.339 e. The molecule has 0 radical (unpaired) electrons. The molecule has 27 heavy (non-hydrogen) atoms. The average molecular weight is 385 g/mol. The maximum atomic E-state index is 12.2. The number of phenols is 1. The third kappa shape index (κ3) is 4.53. The SMILES string of the molecule is CCn1cc(NC(=O)CCc2cnc(-c3ccc(O)cc3)s2)c(C(=O)O)c1. The second-order valence-electron chi connectivity index (χ2n) is 5.95. The summed E-state index contributed by atoms with van der Waals surface area (Å²) in [5, 5.41) is 22.1. The third-order valence-electron chi connectivity index (χ3n) is 4.02. The van der Waals surface area contributed by atoms with Gasteiger partial charge in [-0.25, -0.2) is 9.78 Å². The lowest BCUT2D eigenvalue weighted by molar-refractivity contribution is -0.116. The smallest absolute Gasteiger partial charge is 0.339 e. The summed E-state index contributed by atoms with van der Waals surface area (Å²) in [4.78, 5) is 28.8. The molecule has 3 aromatic rings. The number of carbonyl (C=O) groups is 2. The van der Waals surface area contributed by atoms with E-state index in [0.717, 1.165) is 15.4 Å². The highest BCUT2D eigenvalue weighted by molar-refractivity contribution is 7.15. The van der Waals surface area contributed by atoms with Gasteiger partial charge in [-0.05, 0) is 37.6 Å². The van der Waals surface area contributed by atoms with Crippen LogP contribution in [0, 0.1) is 0 Å². The Morgan fingerprint density at radius 2 is 1.96 bits per heavy atom. The van der Waals surface area contributed by atoms with Crippen LogP contribution in [0.3, 0.4) is 0 Å². The summed E-state index contributed by atoms with van der Waals surface area (Å²) in [5.74, 6) is -1.12. The number of carbonyl (C=O) groups excluding carboxylic acids is 1. The second kappa shape index (κ2) is 8.05. The van der Waals surface area contributed by atoms with E-state index in [1.165, 1.54) is 17.5 Å². The fourth-order valence-corrected chi connectivity index (χ4v) is 3.49. The Balaban J connectivity index is 1.61. The maximum absolute atomic E-state index is 12.2. The molecular formula is C19H19N3O4S. The van der Waals surface area contributed by atoms with E-state index in [4.69, 9.17) is 0 Å². The molecule has 7 nitrogen and oxygen atoms in total. The largest absolute Gasteiger partial charge is 0.508 e. The Labute approximate surface area is 159 Å². The van der Waals surface area contributed by atoms with Crippen LogP contribution < -0.4 is 5.32 Å².